The van der Waals surface area contributed by atoms with Crippen LogP contribution in [0.25, 0.3) is 5.57 Å². The fourth-order valence-corrected chi connectivity index (χ4v) is 4.21. The van der Waals surface area contributed by atoms with E-state index < -0.39 is 15.4 Å². The van der Waals surface area contributed by atoms with Crippen molar-refractivity contribution >= 4 is 21.5 Å². The highest BCUT2D eigenvalue weighted by atomic mass is 32.2. The minimum Gasteiger partial charge on any atom is -0.444 e. The van der Waals surface area contributed by atoms with E-state index in [0.29, 0.717) is 18.0 Å². The molecule has 6 heteroatoms. The third-order valence-corrected chi connectivity index (χ3v) is 6.13. The zero-order chi connectivity index (χ0) is 21.9. The number of amides is 1. The van der Waals surface area contributed by atoms with E-state index in [-0.39, 0.29) is 6.09 Å². The molecule has 5 nitrogen and oxygen atoms in total. The first-order valence-electron chi connectivity index (χ1n) is 10.1. The van der Waals surface area contributed by atoms with E-state index in [4.69, 9.17) is 4.74 Å². The molecular weight excluding hydrogens is 398 g/mol. The van der Waals surface area contributed by atoms with Gasteiger partial charge >= 0.3 is 6.09 Å². The molecule has 0 aliphatic carbocycles. The van der Waals surface area contributed by atoms with Crippen LogP contribution in [-0.2, 0) is 14.6 Å². The van der Waals surface area contributed by atoms with E-state index in [1.807, 2.05) is 51.1 Å². The Morgan fingerprint density at radius 3 is 1.93 bits per heavy atom. The Hall–Kier alpha value is -2.60. The molecule has 1 heterocycles. The second-order valence-electron chi connectivity index (χ2n) is 8.61. The molecule has 2 aromatic carbocycles. The fraction of sp³-hybridized carbons (Fsp3) is 0.375. The van der Waals surface area contributed by atoms with Crippen molar-refractivity contribution in [3.05, 3.63) is 71.3 Å². The van der Waals surface area contributed by atoms with E-state index in [9.17, 15) is 13.2 Å². The molecule has 1 fully saturated rings. The lowest BCUT2D eigenvalue weighted by Gasteiger charge is -2.32. The fourth-order valence-electron chi connectivity index (χ4n) is 3.58. The molecule has 0 radical (unpaired) electrons. The van der Waals surface area contributed by atoms with Gasteiger partial charge in [0.15, 0.2) is 9.84 Å². The van der Waals surface area contributed by atoms with E-state index in [1.165, 1.54) is 11.8 Å². The monoisotopic (exact) mass is 427 g/mol. The standard InChI is InChI=1S/C24H29NO4S/c1-24(2,3)29-23(26)25-16-14-20(15-17-25)22(18-8-6-5-7-9-18)19-10-12-21(13-11-19)30(4,27)28/h5-13H,14-17H2,1-4H3. The molecule has 1 aliphatic rings. The third kappa shape index (κ3) is 5.51. The van der Waals surface area contributed by atoms with Crippen LogP contribution in [-0.4, -0.2) is 44.4 Å². The van der Waals surface area contributed by atoms with Crippen molar-refractivity contribution in [2.45, 2.75) is 44.1 Å². The van der Waals surface area contributed by atoms with Crippen molar-refractivity contribution in [2.75, 3.05) is 19.3 Å². The number of carbonyl (C=O) groups is 1. The van der Waals surface area contributed by atoms with Gasteiger partial charge in [0.05, 0.1) is 4.90 Å². The molecule has 0 aromatic heterocycles. The minimum atomic E-state index is -3.24. The van der Waals surface area contributed by atoms with E-state index in [0.717, 1.165) is 29.5 Å². The summed E-state index contributed by atoms with van der Waals surface area (Å²) in [5.41, 5.74) is 3.93. The molecular formula is C24H29NO4S. The summed E-state index contributed by atoms with van der Waals surface area (Å²) in [4.78, 5) is 14.5. The van der Waals surface area contributed by atoms with Crippen molar-refractivity contribution in [1.29, 1.82) is 0 Å². The SMILES string of the molecule is CC(C)(C)OC(=O)N1CCC(=C(c2ccccc2)c2ccc(S(C)(=O)=O)cc2)CC1. The van der Waals surface area contributed by atoms with Crippen LogP contribution in [0, 0.1) is 0 Å². The molecule has 3 rings (SSSR count). The maximum absolute atomic E-state index is 12.4. The Morgan fingerprint density at radius 2 is 1.43 bits per heavy atom. The number of nitrogens with zero attached hydrogens (tertiary/aromatic N) is 1. The summed E-state index contributed by atoms with van der Waals surface area (Å²) < 4.78 is 29.1. The predicted octanol–water partition coefficient (Wildman–Crippen LogP) is 4.92. The summed E-state index contributed by atoms with van der Waals surface area (Å²) >= 11 is 0. The lowest BCUT2D eigenvalue weighted by Crippen LogP contribution is -2.40. The smallest absolute Gasteiger partial charge is 0.410 e. The molecule has 30 heavy (non-hydrogen) atoms. The van der Waals surface area contributed by atoms with Crippen molar-refractivity contribution in [3.63, 3.8) is 0 Å². The maximum atomic E-state index is 12.4. The topological polar surface area (TPSA) is 63.7 Å². The number of piperidine rings is 1. The van der Waals surface area contributed by atoms with E-state index >= 15 is 0 Å². The van der Waals surface area contributed by atoms with Crippen LogP contribution in [0.15, 0.2) is 65.1 Å². The van der Waals surface area contributed by atoms with Crippen LogP contribution in [0.1, 0.15) is 44.7 Å². The Balaban J connectivity index is 1.91. The van der Waals surface area contributed by atoms with Gasteiger partial charge in [-0.3, -0.25) is 0 Å². The Kier molecular flexibility index (Phi) is 6.36. The molecule has 160 valence electrons. The lowest BCUT2D eigenvalue weighted by atomic mass is 9.88. The Labute approximate surface area is 179 Å². The maximum Gasteiger partial charge on any atom is 0.410 e. The van der Waals surface area contributed by atoms with Crippen LogP contribution >= 0.6 is 0 Å². The van der Waals surface area contributed by atoms with Crippen LogP contribution in [0.2, 0.25) is 0 Å². The highest BCUT2D eigenvalue weighted by Gasteiger charge is 2.26. The molecule has 1 amide bonds. The van der Waals surface area contributed by atoms with E-state index in [2.05, 4.69) is 12.1 Å². The first-order chi connectivity index (χ1) is 14.0. The summed E-state index contributed by atoms with van der Waals surface area (Å²) in [5.74, 6) is 0. The average molecular weight is 428 g/mol. The van der Waals surface area contributed by atoms with Crippen LogP contribution in [0.3, 0.4) is 0 Å². The van der Waals surface area contributed by atoms with E-state index in [1.54, 1.807) is 17.0 Å². The van der Waals surface area contributed by atoms with Gasteiger partial charge in [0.25, 0.3) is 0 Å². The molecule has 1 aliphatic heterocycles. The van der Waals surface area contributed by atoms with Gasteiger partial charge in [0.2, 0.25) is 0 Å². The lowest BCUT2D eigenvalue weighted by molar-refractivity contribution is 0.0236. The number of hydrogen-bond donors (Lipinski definition) is 0. The molecule has 0 spiro atoms. The second kappa shape index (κ2) is 8.64. The summed E-state index contributed by atoms with van der Waals surface area (Å²) in [6.45, 7) is 6.81. The summed E-state index contributed by atoms with van der Waals surface area (Å²) in [5, 5.41) is 0. The Bertz CT molecular complexity index is 1020. The first kappa shape index (κ1) is 22.1. The van der Waals surface area contributed by atoms with Crippen molar-refractivity contribution < 1.29 is 17.9 Å². The molecule has 0 unspecified atom stereocenters. The summed E-state index contributed by atoms with van der Waals surface area (Å²) in [6, 6.07) is 17.1. The minimum absolute atomic E-state index is 0.277. The normalized spacial score (nSPS) is 15.1. The summed E-state index contributed by atoms with van der Waals surface area (Å²) in [7, 11) is -3.24. The number of ether oxygens (including phenoxy) is 1. The van der Waals surface area contributed by atoms with Gasteiger partial charge in [-0.2, -0.15) is 0 Å². The van der Waals surface area contributed by atoms with Crippen LogP contribution < -0.4 is 0 Å². The van der Waals surface area contributed by atoms with Gasteiger partial charge in [0, 0.05) is 19.3 Å². The highest BCUT2D eigenvalue weighted by molar-refractivity contribution is 7.90. The van der Waals surface area contributed by atoms with Crippen molar-refractivity contribution in [3.8, 4) is 0 Å². The number of sulfone groups is 1. The molecule has 0 bridgehead atoms. The number of hydrogen-bond acceptors (Lipinski definition) is 4. The number of rotatable bonds is 3. The summed E-state index contributed by atoms with van der Waals surface area (Å²) in [6.07, 6.45) is 2.43. The zero-order valence-corrected chi connectivity index (χ0v) is 18.8. The quantitative estimate of drug-likeness (QED) is 0.697. The average Bonchev–Trinajstić information content (AvgIpc) is 2.68. The largest absolute Gasteiger partial charge is 0.444 e. The van der Waals surface area contributed by atoms with Gasteiger partial charge in [-0.25, -0.2) is 13.2 Å². The van der Waals surface area contributed by atoms with Gasteiger partial charge < -0.3 is 9.64 Å². The van der Waals surface area contributed by atoms with Gasteiger partial charge in [-0.1, -0.05) is 48.0 Å². The number of likely N-dealkylation sites (tertiary alicyclic amines) is 1. The molecule has 2 aromatic rings. The highest BCUT2D eigenvalue weighted by Crippen LogP contribution is 2.33. The van der Waals surface area contributed by atoms with Gasteiger partial charge in [-0.15, -0.1) is 0 Å². The molecule has 0 atom stereocenters. The van der Waals surface area contributed by atoms with Crippen molar-refractivity contribution in [2.24, 2.45) is 0 Å². The predicted molar refractivity (Wildman–Crippen MR) is 119 cm³/mol. The molecule has 0 saturated carbocycles. The van der Waals surface area contributed by atoms with Crippen LogP contribution in [0.4, 0.5) is 4.79 Å². The Morgan fingerprint density at radius 1 is 0.900 bits per heavy atom. The van der Waals surface area contributed by atoms with Gasteiger partial charge in [-0.05, 0) is 62.4 Å². The molecule has 1 saturated heterocycles. The third-order valence-electron chi connectivity index (χ3n) is 5.01. The number of carbonyl (C=O) groups excluding carboxylic acids is 1. The van der Waals surface area contributed by atoms with Crippen molar-refractivity contribution in [1.82, 2.24) is 4.90 Å². The second-order valence-corrected chi connectivity index (χ2v) is 10.6. The van der Waals surface area contributed by atoms with Crippen LogP contribution in [0.5, 0.6) is 0 Å². The first-order valence-corrected chi connectivity index (χ1v) is 12.0. The zero-order valence-electron chi connectivity index (χ0n) is 18.0. The van der Waals surface area contributed by atoms with Gasteiger partial charge in [0.1, 0.15) is 5.60 Å². The molecule has 0 N–H and O–H groups in total. The number of benzene rings is 2.